The smallest absolute Gasteiger partial charge is 0.0713 e. The molecule has 0 nitrogen and oxygen atoms in total. The second-order valence-corrected chi connectivity index (χ2v) is 10.8. The van der Waals surface area contributed by atoms with Crippen LogP contribution in [0.2, 0.25) is 10.0 Å². The van der Waals surface area contributed by atoms with E-state index in [2.05, 4.69) is 115 Å². The summed E-state index contributed by atoms with van der Waals surface area (Å²) in [7, 11) is 0. The lowest BCUT2D eigenvalue weighted by molar-refractivity contribution is 0.768. The van der Waals surface area contributed by atoms with E-state index in [1.807, 2.05) is 30.3 Å². The van der Waals surface area contributed by atoms with Crippen LogP contribution < -0.4 is 0 Å². The minimum absolute atomic E-state index is 0.406. The molecule has 0 aliphatic heterocycles. The molecule has 0 bridgehead atoms. The van der Waals surface area contributed by atoms with E-state index < -0.39 is 5.41 Å². The van der Waals surface area contributed by atoms with Gasteiger partial charge in [0.05, 0.1) is 5.41 Å². The predicted molar refractivity (Wildman–Crippen MR) is 165 cm³/mol. The molecule has 0 amide bonds. The predicted octanol–water partition coefficient (Wildman–Crippen LogP) is 10.7. The first-order valence-electron chi connectivity index (χ1n) is 13.1. The highest BCUT2D eigenvalue weighted by molar-refractivity contribution is 6.34. The van der Waals surface area contributed by atoms with Crippen LogP contribution in [0.3, 0.4) is 0 Å². The van der Waals surface area contributed by atoms with Crippen molar-refractivity contribution >= 4 is 23.2 Å². The van der Waals surface area contributed by atoms with Crippen molar-refractivity contribution in [3.05, 3.63) is 178 Å². The van der Waals surface area contributed by atoms with Crippen molar-refractivity contribution in [3.63, 3.8) is 0 Å². The highest BCUT2D eigenvalue weighted by Crippen LogP contribution is 2.56. The van der Waals surface area contributed by atoms with Crippen molar-refractivity contribution < 1.29 is 0 Å². The molecule has 7 rings (SSSR count). The number of hydrogen-bond donors (Lipinski definition) is 0. The van der Waals surface area contributed by atoms with E-state index in [0.717, 1.165) is 22.3 Å². The van der Waals surface area contributed by atoms with Crippen LogP contribution >= 0.6 is 23.2 Å². The minimum atomic E-state index is -0.406. The third-order valence-electron chi connectivity index (χ3n) is 7.91. The van der Waals surface area contributed by atoms with Gasteiger partial charge in [0.15, 0.2) is 0 Å². The Labute approximate surface area is 239 Å². The lowest BCUT2D eigenvalue weighted by atomic mass is 9.67. The first-order valence-corrected chi connectivity index (χ1v) is 13.8. The van der Waals surface area contributed by atoms with Gasteiger partial charge in [0, 0.05) is 15.6 Å². The second-order valence-electron chi connectivity index (χ2n) is 9.96. The third-order valence-corrected chi connectivity index (χ3v) is 8.47. The van der Waals surface area contributed by atoms with Crippen molar-refractivity contribution in [1.82, 2.24) is 0 Å². The van der Waals surface area contributed by atoms with Gasteiger partial charge >= 0.3 is 0 Å². The average Bonchev–Trinajstić information content (AvgIpc) is 3.29. The van der Waals surface area contributed by atoms with Crippen molar-refractivity contribution in [3.8, 4) is 33.4 Å². The minimum Gasteiger partial charge on any atom is -0.0843 e. The molecular weight excluding hydrogens is 515 g/mol. The molecule has 6 aromatic carbocycles. The number of benzene rings is 6. The molecule has 0 aromatic heterocycles. The highest BCUT2D eigenvalue weighted by Gasteiger charge is 2.45. The van der Waals surface area contributed by atoms with Crippen molar-refractivity contribution in [1.29, 1.82) is 0 Å². The van der Waals surface area contributed by atoms with E-state index in [-0.39, 0.29) is 0 Å². The van der Waals surface area contributed by atoms with Crippen LogP contribution in [0.1, 0.15) is 22.3 Å². The average molecular weight is 540 g/mol. The molecule has 0 N–H and O–H groups in total. The standard InChI is InChI=1S/C37H24Cl2/c38-29-13-8-10-26(24-29)36-30(16-9-19-35(36)39)25-20-22-28(23-21-25)37(27-11-2-1-3-12-27)33-17-6-4-14-31(33)32-15-5-7-18-34(32)37/h1-24H. The Hall–Kier alpha value is -4.10. The fourth-order valence-corrected chi connectivity index (χ4v) is 6.79. The largest absolute Gasteiger partial charge is 0.0843 e. The van der Waals surface area contributed by atoms with Crippen LogP contribution in [0.5, 0.6) is 0 Å². The summed E-state index contributed by atoms with van der Waals surface area (Å²) in [6.07, 6.45) is 0. The van der Waals surface area contributed by atoms with Gasteiger partial charge in [0.2, 0.25) is 0 Å². The zero-order valence-corrected chi connectivity index (χ0v) is 22.6. The van der Waals surface area contributed by atoms with E-state index in [0.29, 0.717) is 10.0 Å². The lowest BCUT2D eigenvalue weighted by Crippen LogP contribution is -2.28. The van der Waals surface area contributed by atoms with Gasteiger partial charge in [-0.3, -0.25) is 0 Å². The summed E-state index contributed by atoms with van der Waals surface area (Å²) in [6.45, 7) is 0. The van der Waals surface area contributed by atoms with Crippen molar-refractivity contribution in [2.45, 2.75) is 5.41 Å². The molecule has 6 aromatic rings. The van der Waals surface area contributed by atoms with Gasteiger partial charge in [-0.1, -0.05) is 151 Å². The summed E-state index contributed by atoms with van der Waals surface area (Å²) >= 11 is 13.1. The molecule has 0 saturated heterocycles. The molecule has 0 heterocycles. The van der Waals surface area contributed by atoms with E-state index >= 15 is 0 Å². The molecule has 0 radical (unpaired) electrons. The highest BCUT2D eigenvalue weighted by atomic mass is 35.5. The number of fused-ring (bicyclic) bond motifs is 3. The van der Waals surface area contributed by atoms with Gasteiger partial charge in [0.1, 0.15) is 0 Å². The fraction of sp³-hybridized carbons (Fsp3) is 0.0270. The lowest BCUT2D eigenvalue weighted by Gasteiger charge is -2.34. The zero-order valence-electron chi connectivity index (χ0n) is 21.1. The van der Waals surface area contributed by atoms with Crippen molar-refractivity contribution in [2.75, 3.05) is 0 Å². The number of hydrogen-bond acceptors (Lipinski definition) is 0. The Kier molecular flexibility index (Phi) is 5.89. The van der Waals surface area contributed by atoms with Crippen LogP contribution in [0.25, 0.3) is 33.4 Å². The molecule has 2 heteroatoms. The molecule has 0 atom stereocenters. The Bertz CT molecular complexity index is 1770. The fourth-order valence-electron chi connectivity index (χ4n) is 6.31. The maximum atomic E-state index is 6.77. The van der Waals surface area contributed by atoms with Gasteiger partial charge in [-0.25, -0.2) is 0 Å². The summed E-state index contributed by atoms with van der Waals surface area (Å²) in [6, 6.07) is 51.5. The molecule has 1 aliphatic rings. The summed E-state index contributed by atoms with van der Waals surface area (Å²) < 4.78 is 0. The van der Waals surface area contributed by atoms with E-state index in [1.165, 1.54) is 33.4 Å². The van der Waals surface area contributed by atoms with Gasteiger partial charge in [0.25, 0.3) is 0 Å². The molecule has 0 spiro atoms. The Balaban J connectivity index is 1.45. The number of halogens is 2. The van der Waals surface area contributed by atoms with Gasteiger partial charge in [-0.15, -0.1) is 0 Å². The molecule has 0 fully saturated rings. The van der Waals surface area contributed by atoms with Crippen LogP contribution in [0.4, 0.5) is 0 Å². The quantitative estimate of drug-likeness (QED) is 0.209. The molecule has 0 unspecified atom stereocenters. The Morgan fingerprint density at radius 2 is 0.974 bits per heavy atom. The topological polar surface area (TPSA) is 0 Å². The van der Waals surface area contributed by atoms with Crippen LogP contribution in [-0.2, 0) is 5.41 Å². The maximum absolute atomic E-state index is 6.77. The Morgan fingerprint density at radius 3 is 1.64 bits per heavy atom. The van der Waals surface area contributed by atoms with Crippen molar-refractivity contribution in [2.24, 2.45) is 0 Å². The van der Waals surface area contributed by atoms with E-state index in [1.54, 1.807) is 0 Å². The summed E-state index contributed by atoms with van der Waals surface area (Å²) in [5.41, 5.74) is 11.5. The van der Waals surface area contributed by atoms with E-state index in [4.69, 9.17) is 23.2 Å². The normalized spacial score (nSPS) is 13.1. The van der Waals surface area contributed by atoms with Gasteiger partial charge < -0.3 is 0 Å². The molecular formula is C37H24Cl2. The molecule has 1 aliphatic carbocycles. The Morgan fingerprint density at radius 1 is 0.410 bits per heavy atom. The summed E-state index contributed by atoms with van der Waals surface area (Å²) in [5, 5.41) is 1.40. The van der Waals surface area contributed by atoms with Crippen LogP contribution in [0.15, 0.2) is 146 Å². The zero-order chi connectivity index (χ0) is 26.4. The molecule has 39 heavy (non-hydrogen) atoms. The van der Waals surface area contributed by atoms with Gasteiger partial charge in [-0.05, 0) is 68.3 Å². The molecule has 0 saturated carbocycles. The summed E-state index contributed by atoms with van der Waals surface area (Å²) in [4.78, 5) is 0. The second kappa shape index (κ2) is 9.58. The molecule has 186 valence electrons. The SMILES string of the molecule is Clc1cccc(-c2c(Cl)cccc2-c2ccc(C3(c4ccccc4)c4ccccc4-c4ccccc43)cc2)c1. The first kappa shape index (κ1) is 24.0. The first-order chi connectivity index (χ1) is 19.2. The van der Waals surface area contributed by atoms with E-state index in [9.17, 15) is 0 Å². The van der Waals surface area contributed by atoms with Crippen LogP contribution in [-0.4, -0.2) is 0 Å². The van der Waals surface area contributed by atoms with Gasteiger partial charge in [-0.2, -0.15) is 0 Å². The van der Waals surface area contributed by atoms with Crippen LogP contribution in [0, 0.1) is 0 Å². The monoisotopic (exact) mass is 538 g/mol. The summed E-state index contributed by atoms with van der Waals surface area (Å²) in [5.74, 6) is 0. The number of rotatable bonds is 4. The third kappa shape index (κ3) is 3.75. The maximum Gasteiger partial charge on any atom is 0.0713 e.